The Hall–Kier alpha value is -2.58. The lowest BCUT2D eigenvalue weighted by Gasteiger charge is -2.51. The van der Waals surface area contributed by atoms with Crippen LogP contribution in [-0.2, 0) is 10.2 Å². The first-order chi connectivity index (χ1) is 13.8. The number of alkyl halides is 1. The van der Waals surface area contributed by atoms with Crippen molar-refractivity contribution in [1.82, 2.24) is 0 Å². The average Bonchev–Trinajstić information content (AvgIpc) is 2.74. The van der Waals surface area contributed by atoms with Gasteiger partial charge >= 0.3 is 0 Å². The quantitative estimate of drug-likeness (QED) is 0.458. The van der Waals surface area contributed by atoms with E-state index in [2.05, 4.69) is 57.2 Å². The first-order valence-corrected chi connectivity index (χ1v) is 10.5. The lowest BCUT2D eigenvalue weighted by molar-refractivity contribution is -0.119. The molecule has 2 unspecified atom stereocenters. The number of amides is 1. The molecular formula is C26H26ClNO. The van der Waals surface area contributed by atoms with E-state index >= 15 is 0 Å². The zero-order chi connectivity index (χ0) is 20.6. The van der Waals surface area contributed by atoms with Crippen molar-refractivity contribution in [3.05, 3.63) is 102 Å². The van der Waals surface area contributed by atoms with Crippen LogP contribution in [-0.4, -0.2) is 11.4 Å². The highest BCUT2D eigenvalue weighted by Gasteiger charge is 2.48. The third-order valence-electron chi connectivity index (χ3n) is 6.07. The van der Waals surface area contributed by atoms with E-state index in [0.717, 1.165) is 23.2 Å². The first-order valence-electron chi connectivity index (χ1n) is 10.0. The molecule has 0 bridgehead atoms. The molecule has 29 heavy (non-hydrogen) atoms. The molecule has 0 saturated carbocycles. The Bertz CT molecular complexity index is 1020. The Morgan fingerprint density at radius 1 is 0.862 bits per heavy atom. The Labute approximate surface area is 178 Å². The molecule has 1 amide bonds. The highest BCUT2D eigenvalue weighted by Crippen LogP contribution is 2.51. The van der Waals surface area contributed by atoms with Gasteiger partial charge in [0.15, 0.2) is 0 Å². The predicted octanol–water partition coefficient (Wildman–Crippen LogP) is 6.49. The highest BCUT2D eigenvalue weighted by molar-refractivity contribution is 6.33. The number of nitrogens with zero attached hydrogens (tertiary/aromatic N) is 1. The van der Waals surface area contributed by atoms with Gasteiger partial charge in [-0.1, -0.05) is 85.8 Å². The van der Waals surface area contributed by atoms with Crippen LogP contribution in [0.2, 0.25) is 0 Å². The zero-order valence-electron chi connectivity index (χ0n) is 17.1. The third-order valence-corrected chi connectivity index (χ3v) is 6.51. The molecule has 1 aliphatic rings. The number of carbonyl (C=O) groups excluding carboxylic acids is 1. The molecule has 3 heteroatoms. The van der Waals surface area contributed by atoms with Crippen molar-refractivity contribution in [2.75, 3.05) is 4.90 Å². The van der Waals surface area contributed by atoms with Crippen molar-refractivity contribution in [2.45, 2.75) is 43.5 Å². The number of fused-ring (bicyclic) bond motifs is 1. The number of hydrogen-bond acceptors (Lipinski definition) is 1. The molecule has 2 atom stereocenters. The summed E-state index contributed by atoms with van der Waals surface area (Å²) in [4.78, 5) is 15.5. The van der Waals surface area contributed by atoms with Crippen molar-refractivity contribution < 1.29 is 4.79 Å². The lowest BCUT2D eigenvalue weighted by Crippen LogP contribution is -2.56. The molecule has 148 valence electrons. The Morgan fingerprint density at radius 3 is 2.07 bits per heavy atom. The number of rotatable bonds is 3. The second kappa shape index (κ2) is 7.35. The van der Waals surface area contributed by atoms with Crippen LogP contribution in [0.4, 0.5) is 5.69 Å². The maximum atomic E-state index is 13.6. The van der Waals surface area contributed by atoms with Crippen molar-refractivity contribution in [2.24, 2.45) is 0 Å². The van der Waals surface area contributed by atoms with Gasteiger partial charge in [0.25, 0.3) is 0 Å². The molecule has 0 radical (unpaired) electrons. The van der Waals surface area contributed by atoms with Crippen molar-refractivity contribution in [3.63, 3.8) is 0 Å². The molecule has 0 aromatic heterocycles. The fraction of sp³-hybridized carbons (Fsp3) is 0.269. The molecule has 3 aromatic carbocycles. The van der Waals surface area contributed by atoms with Crippen molar-refractivity contribution >= 4 is 23.2 Å². The van der Waals surface area contributed by atoms with Crippen molar-refractivity contribution in [3.8, 4) is 0 Å². The van der Waals surface area contributed by atoms with Crippen LogP contribution in [0.25, 0.3) is 0 Å². The number of hydrogen-bond donors (Lipinski definition) is 0. The summed E-state index contributed by atoms with van der Waals surface area (Å²) < 4.78 is 0. The fourth-order valence-corrected chi connectivity index (χ4v) is 5.10. The zero-order valence-corrected chi connectivity index (χ0v) is 17.9. The Balaban J connectivity index is 1.83. The van der Waals surface area contributed by atoms with Crippen LogP contribution in [0, 0.1) is 0 Å². The summed E-state index contributed by atoms with van der Waals surface area (Å²) in [7, 11) is 0. The minimum absolute atomic E-state index is 0.0783. The van der Waals surface area contributed by atoms with Crippen LogP contribution >= 0.6 is 11.6 Å². The normalized spacial score (nSPS) is 21.3. The van der Waals surface area contributed by atoms with E-state index in [1.165, 1.54) is 5.56 Å². The molecule has 0 spiro atoms. The second-order valence-electron chi connectivity index (χ2n) is 8.65. The van der Waals surface area contributed by atoms with E-state index in [0.29, 0.717) is 0 Å². The summed E-state index contributed by atoms with van der Waals surface area (Å²) in [6.07, 6.45) is 0.811. The largest absolute Gasteiger partial charge is 0.305 e. The van der Waals surface area contributed by atoms with Crippen LogP contribution < -0.4 is 4.90 Å². The van der Waals surface area contributed by atoms with E-state index < -0.39 is 10.9 Å². The molecular weight excluding hydrogens is 378 g/mol. The molecule has 1 aliphatic heterocycles. The maximum Gasteiger partial charge on any atom is 0.250 e. The molecule has 0 N–H and O–H groups in total. The van der Waals surface area contributed by atoms with Gasteiger partial charge in [-0.3, -0.25) is 4.79 Å². The fourth-order valence-electron chi connectivity index (χ4n) is 4.86. The Morgan fingerprint density at radius 2 is 1.41 bits per heavy atom. The number of para-hydroxylation sites is 1. The third kappa shape index (κ3) is 3.36. The summed E-state index contributed by atoms with van der Waals surface area (Å²) in [6.45, 7) is 6.55. The minimum atomic E-state index is -0.718. The number of benzene rings is 3. The van der Waals surface area contributed by atoms with Crippen LogP contribution in [0.5, 0.6) is 0 Å². The van der Waals surface area contributed by atoms with Gasteiger partial charge in [0.1, 0.15) is 5.38 Å². The van der Waals surface area contributed by atoms with E-state index in [-0.39, 0.29) is 11.3 Å². The summed E-state index contributed by atoms with van der Waals surface area (Å²) >= 11 is 6.68. The van der Waals surface area contributed by atoms with Crippen LogP contribution in [0.3, 0.4) is 0 Å². The van der Waals surface area contributed by atoms with Crippen molar-refractivity contribution in [1.29, 1.82) is 0 Å². The molecule has 2 nitrogen and oxygen atoms in total. The van der Waals surface area contributed by atoms with E-state index in [4.69, 9.17) is 11.6 Å². The summed E-state index contributed by atoms with van der Waals surface area (Å²) in [5.74, 6) is -0.0783. The molecule has 1 heterocycles. The van der Waals surface area contributed by atoms with Gasteiger partial charge in [-0.05, 0) is 43.0 Å². The first kappa shape index (κ1) is 19.7. The van der Waals surface area contributed by atoms with E-state index in [1.807, 2.05) is 53.4 Å². The molecule has 3 aromatic rings. The summed E-state index contributed by atoms with van der Waals surface area (Å²) in [6, 6.07) is 28.4. The van der Waals surface area contributed by atoms with Gasteiger partial charge in [-0.25, -0.2) is 0 Å². The number of anilines is 1. The van der Waals surface area contributed by atoms with Gasteiger partial charge in [0, 0.05) is 16.6 Å². The SMILES string of the molecule is CC1(c2ccccc2)CC(C)(C)N(C(=O)C(Cl)c2ccccc2)c2ccccc21. The maximum absolute atomic E-state index is 13.6. The smallest absolute Gasteiger partial charge is 0.250 e. The minimum Gasteiger partial charge on any atom is -0.305 e. The van der Waals surface area contributed by atoms with Gasteiger partial charge in [-0.2, -0.15) is 0 Å². The van der Waals surface area contributed by atoms with Gasteiger partial charge in [-0.15, -0.1) is 11.6 Å². The van der Waals surface area contributed by atoms with Gasteiger partial charge in [0.05, 0.1) is 0 Å². The Kier molecular flexibility index (Phi) is 5.00. The topological polar surface area (TPSA) is 20.3 Å². The van der Waals surface area contributed by atoms with E-state index in [9.17, 15) is 4.79 Å². The molecule has 0 saturated heterocycles. The van der Waals surface area contributed by atoms with Gasteiger partial charge in [0.2, 0.25) is 5.91 Å². The lowest BCUT2D eigenvalue weighted by atomic mass is 9.65. The van der Waals surface area contributed by atoms with Crippen LogP contribution in [0.15, 0.2) is 84.9 Å². The predicted molar refractivity (Wildman–Crippen MR) is 121 cm³/mol. The monoisotopic (exact) mass is 403 g/mol. The molecule has 4 rings (SSSR count). The summed E-state index contributed by atoms with van der Waals surface area (Å²) in [5.41, 5.74) is 3.62. The van der Waals surface area contributed by atoms with Crippen LogP contribution in [0.1, 0.15) is 49.3 Å². The average molecular weight is 404 g/mol. The summed E-state index contributed by atoms with van der Waals surface area (Å²) in [5, 5.41) is -0.718. The molecule has 0 fully saturated rings. The molecule has 0 aliphatic carbocycles. The number of carbonyl (C=O) groups is 1. The number of halogens is 1. The van der Waals surface area contributed by atoms with Gasteiger partial charge < -0.3 is 4.90 Å². The highest BCUT2D eigenvalue weighted by atomic mass is 35.5. The van der Waals surface area contributed by atoms with E-state index in [1.54, 1.807) is 0 Å². The standard InChI is InChI=1S/C26H26ClNO/c1-25(2)18-26(3,20-14-8-5-9-15-20)21-16-10-11-17-22(21)28(25)24(29)23(27)19-12-6-4-7-13-19/h4-17,23H,18H2,1-3H3. The second-order valence-corrected chi connectivity index (χ2v) is 9.09.